The molecule has 2 aliphatic rings. The molecule has 1 fully saturated rings. The molecule has 0 aromatic heterocycles. The number of hydrogen-bond donors (Lipinski definition) is 1. The number of aliphatic carboxylic acids is 1. The molecule has 2 heterocycles. The molecule has 25 heavy (non-hydrogen) atoms. The van der Waals surface area contributed by atoms with Gasteiger partial charge in [-0.2, -0.15) is 0 Å². The minimum Gasteiger partial charge on any atom is -0.486 e. The van der Waals surface area contributed by atoms with Crippen LogP contribution in [0.4, 0.5) is 0 Å². The normalized spacial score (nSPS) is 20.2. The molecule has 6 heteroatoms. The third-order valence-electron chi connectivity index (χ3n) is 5.31. The first-order valence-corrected chi connectivity index (χ1v) is 8.77. The van der Waals surface area contributed by atoms with Crippen molar-refractivity contribution >= 4 is 11.9 Å². The molecule has 1 N–H and O–H groups in total. The summed E-state index contributed by atoms with van der Waals surface area (Å²) in [5.41, 5.74) is 0.0597. The zero-order chi connectivity index (χ0) is 18.0. The first kappa shape index (κ1) is 17.6. The van der Waals surface area contributed by atoms with Crippen molar-refractivity contribution in [1.82, 2.24) is 4.90 Å². The number of carboxylic acid groups (broad SMARTS) is 1. The van der Waals surface area contributed by atoms with Gasteiger partial charge in [0, 0.05) is 13.1 Å². The molecule has 1 amide bonds. The summed E-state index contributed by atoms with van der Waals surface area (Å²) in [5, 5.41) is 9.44. The van der Waals surface area contributed by atoms with E-state index in [1.54, 1.807) is 18.7 Å². The Morgan fingerprint density at radius 3 is 2.68 bits per heavy atom. The Bertz CT molecular complexity index is 670. The van der Waals surface area contributed by atoms with Crippen molar-refractivity contribution in [1.29, 1.82) is 0 Å². The quantitative estimate of drug-likeness (QED) is 0.905. The number of nitrogens with zero attached hydrogens (tertiary/aromatic N) is 1. The van der Waals surface area contributed by atoms with E-state index < -0.39 is 11.4 Å². The average molecular weight is 347 g/mol. The number of rotatable bonds is 4. The monoisotopic (exact) mass is 347 g/mol. The SMILES string of the molecule is CC(C)(C(=O)O)[C@@H]1CCCN(C(=O)Cc2ccc3c(c2)OCCO3)C1. The number of fused-ring (bicyclic) bond motifs is 1. The largest absolute Gasteiger partial charge is 0.486 e. The average Bonchev–Trinajstić information content (AvgIpc) is 2.61. The zero-order valence-corrected chi connectivity index (χ0v) is 14.8. The third-order valence-corrected chi connectivity index (χ3v) is 5.31. The van der Waals surface area contributed by atoms with Crippen molar-refractivity contribution < 1.29 is 24.2 Å². The van der Waals surface area contributed by atoms with Gasteiger partial charge in [0.2, 0.25) is 5.91 Å². The molecule has 0 bridgehead atoms. The Labute approximate surface area is 147 Å². The Kier molecular flexibility index (Phi) is 4.88. The van der Waals surface area contributed by atoms with Crippen LogP contribution in [0.5, 0.6) is 11.5 Å². The molecule has 2 aliphatic heterocycles. The molecule has 6 nitrogen and oxygen atoms in total. The highest BCUT2D eigenvalue weighted by Crippen LogP contribution is 2.35. The van der Waals surface area contributed by atoms with Gasteiger partial charge >= 0.3 is 5.97 Å². The second-order valence-corrected chi connectivity index (χ2v) is 7.36. The van der Waals surface area contributed by atoms with Crippen LogP contribution in [0.2, 0.25) is 0 Å². The summed E-state index contributed by atoms with van der Waals surface area (Å²) in [5.74, 6) is 0.591. The van der Waals surface area contributed by atoms with Gasteiger partial charge in [-0.05, 0) is 50.3 Å². The highest BCUT2D eigenvalue weighted by atomic mass is 16.6. The number of carboxylic acids is 1. The predicted octanol–water partition coefficient (Wildman–Crippen LogP) is 2.35. The van der Waals surface area contributed by atoms with Gasteiger partial charge < -0.3 is 19.5 Å². The molecule has 0 aliphatic carbocycles. The van der Waals surface area contributed by atoms with Gasteiger partial charge in [0.05, 0.1) is 11.8 Å². The molecular formula is C19H25NO5. The van der Waals surface area contributed by atoms with E-state index in [-0.39, 0.29) is 18.2 Å². The maximum absolute atomic E-state index is 12.7. The summed E-state index contributed by atoms with van der Waals surface area (Å²) in [6.07, 6.45) is 1.97. The third kappa shape index (κ3) is 3.72. The van der Waals surface area contributed by atoms with E-state index in [0.29, 0.717) is 37.8 Å². The van der Waals surface area contributed by atoms with Crippen LogP contribution in [-0.2, 0) is 16.0 Å². The first-order chi connectivity index (χ1) is 11.9. The Morgan fingerprint density at radius 1 is 1.24 bits per heavy atom. The van der Waals surface area contributed by atoms with E-state index in [4.69, 9.17) is 9.47 Å². The van der Waals surface area contributed by atoms with Crippen molar-refractivity contribution in [2.45, 2.75) is 33.1 Å². The van der Waals surface area contributed by atoms with Crippen molar-refractivity contribution in [2.24, 2.45) is 11.3 Å². The molecule has 0 radical (unpaired) electrons. The number of ether oxygens (including phenoxy) is 2. The fourth-order valence-corrected chi connectivity index (χ4v) is 3.45. The van der Waals surface area contributed by atoms with Gasteiger partial charge in [-0.3, -0.25) is 9.59 Å². The maximum atomic E-state index is 12.7. The van der Waals surface area contributed by atoms with Crippen LogP contribution in [-0.4, -0.2) is 48.2 Å². The second kappa shape index (κ2) is 6.94. The molecule has 1 aromatic carbocycles. The molecule has 3 rings (SSSR count). The molecule has 1 aromatic rings. The second-order valence-electron chi connectivity index (χ2n) is 7.36. The molecule has 136 valence electrons. The molecule has 0 saturated carbocycles. The lowest BCUT2D eigenvalue weighted by atomic mass is 9.74. The lowest BCUT2D eigenvalue weighted by Gasteiger charge is -2.39. The molecule has 1 atom stereocenters. The Morgan fingerprint density at radius 2 is 1.96 bits per heavy atom. The van der Waals surface area contributed by atoms with Gasteiger partial charge in [-0.1, -0.05) is 6.07 Å². The van der Waals surface area contributed by atoms with Crippen molar-refractivity contribution in [3.8, 4) is 11.5 Å². The Hall–Kier alpha value is -2.24. The molecule has 0 spiro atoms. The number of hydrogen-bond acceptors (Lipinski definition) is 4. The number of likely N-dealkylation sites (tertiary alicyclic amines) is 1. The van der Waals surface area contributed by atoms with Gasteiger partial charge in [-0.15, -0.1) is 0 Å². The van der Waals surface area contributed by atoms with Crippen LogP contribution >= 0.6 is 0 Å². The van der Waals surface area contributed by atoms with E-state index in [9.17, 15) is 14.7 Å². The van der Waals surface area contributed by atoms with Crippen molar-refractivity contribution in [2.75, 3.05) is 26.3 Å². The van der Waals surface area contributed by atoms with Crippen molar-refractivity contribution in [3.05, 3.63) is 23.8 Å². The maximum Gasteiger partial charge on any atom is 0.309 e. The van der Waals surface area contributed by atoms with Gasteiger partial charge in [0.15, 0.2) is 11.5 Å². The number of piperidine rings is 1. The topological polar surface area (TPSA) is 76.1 Å². The zero-order valence-electron chi connectivity index (χ0n) is 14.8. The number of carbonyl (C=O) groups is 2. The van der Waals surface area contributed by atoms with E-state index in [0.717, 1.165) is 18.4 Å². The highest BCUT2D eigenvalue weighted by molar-refractivity contribution is 5.79. The lowest BCUT2D eigenvalue weighted by molar-refractivity contribution is -0.153. The minimum atomic E-state index is -0.823. The smallest absolute Gasteiger partial charge is 0.309 e. The number of amides is 1. The van der Waals surface area contributed by atoms with Crippen LogP contribution in [0.25, 0.3) is 0 Å². The summed E-state index contributed by atoms with van der Waals surface area (Å²) < 4.78 is 11.1. The summed E-state index contributed by atoms with van der Waals surface area (Å²) in [6, 6.07) is 5.58. The number of carbonyl (C=O) groups excluding carboxylic acids is 1. The van der Waals surface area contributed by atoms with E-state index in [1.807, 2.05) is 18.2 Å². The molecule has 0 unspecified atom stereocenters. The van der Waals surface area contributed by atoms with Crippen LogP contribution in [0, 0.1) is 11.3 Å². The van der Waals surface area contributed by atoms with E-state index in [2.05, 4.69) is 0 Å². The molecular weight excluding hydrogens is 322 g/mol. The van der Waals surface area contributed by atoms with Crippen LogP contribution in [0.3, 0.4) is 0 Å². The standard InChI is InChI=1S/C19H25NO5/c1-19(2,18(22)23)14-4-3-7-20(12-14)17(21)11-13-5-6-15-16(10-13)25-9-8-24-15/h5-6,10,14H,3-4,7-9,11-12H2,1-2H3,(H,22,23)/t14-/m1/s1. The number of benzene rings is 1. The first-order valence-electron chi connectivity index (χ1n) is 8.77. The minimum absolute atomic E-state index is 0.0250. The predicted molar refractivity (Wildman–Crippen MR) is 91.9 cm³/mol. The molecule has 1 saturated heterocycles. The summed E-state index contributed by atoms with van der Waals surface area (Å²) in [4.78, 5) is 26.0. The lowest BCUT2D eigenvalue weighted by Crippen LogP contribution is -2.47. The van der Waals surface area contributed by atoms with Gasteiger partial charge in [0.25, 0.3) is 0 Å². The van der Waals surface area contributed by atoms with Gasteiger partial charge in [0.1, 0.15) is 13.2 Å². The van der Waals surface area contributed by atoms with Crippen LogP contribution < -0.4 is 9.47 Å². The van der Waals surface area contributed by atoms with E-state index >= 15 is 0 Å². The summed E-state index contributed by atoms with van der Waals surface area (Å²) in [6.45, 7) is 5.74. The van der Waals surface area contributed by atoms with E-state index in [1.165, 1.54) is 0 Å². The Balaban J connectivity index is 1.66. The fourth-order valence-electron chi connectivity index (χ4n) is 3.45. The van der Waals surface area contributed by atoms with Crippen LogP contribution in [0.1, 0.15) is 32.3 Å². The van der Waals surface area contributed by atoms with Gasteiger partial charge in [-0.25, -0.2) is 0 Å². The van der Waals surface area contributed by atoms with Crippen molar-refractivity contribution in [3.63, 3.8) is 0 Å². The van der Waals surface area contributed by atoms with Crippen LogP contribution in [0.15, 0.2) is 18.2 Å². The summed E-state index contributed by atoms with van der Waals surface area (Å²) in [7, 11) is 0. The summed E-state index contributed by atoms with van der Waals surface area (Å²) >= 11 is 0. The highest BCUT2D eigenvalue weighted by Gasteiger charge is 2.39. The fraction of sp³-hybridized carbons (Fsp3) is 0.579.